The molecule has 2 aromatic rings. The molecular weight excluding hydrogens is 342 g/mol. The summed E-state index contributed by atoms with van der Waals surface area (Å²) < 4.78 is 28.3. The largest absolute Gasteiger partial charge is 0.354 e. The SMILES string of the molecule is O=C(NC1CCCNC1=O)c1nn(-c2ccc(F)c(F)c2)c2c1CCC2. The summed E-state index contributed by atoms with van der Waals surface area (Å²) in [7, 11) is 0. The summed E-state index contributed by atoms with van der Waals surface area (Å²) in [6.45, 7) is 0.616. The average Bonchev–Trinajstić information content (AvgIpc) is 3.22. The molecule has 1 aliphatic carbocycles. The van der Waals surface area contributed by atoms with Crippen LogP contribution >= 0.6 is 0 Å². The number of rotatable bonds is 3. The van der Waals surface area contributed by atoms with Crippen LogP contribution in [-0.2, 0) is 17.6 Å². The predicted octanol–water partition coefficient (Wildman–Crippen LogP) is 1.65. The molecular formula is C18H18F2N4O2. The van der Waals surface area contributed by atoms with Crippen LogP contribution in [0.25, 0.3) is 5.69 Å². The molecule has 4 rings (SSSR count). The number of aromatic nitrogens is 2. The second-order valence-electron chi connectivity index (χ2n) is 6.60. The zero-order chi connectivity index (χ0) is 18.3. The van der Waals surface area contributed by atoms with Crippen molar-refractivity contribution >= 4 is 11.8 Å². The Morgan fingerprint density at radius 3 is 2.85 bits per heavy atom. The van der Waals surface area contributed by atoms with Gasteiger partial charge in [-0.25, -0.2) is 13.5 Å². The second-order valence-corrected chi connectivity index (χ2v) is 6.60. The van der Waals surface area contributed by atoms with Crippen LogP contribution in [0.15, 0.2) is 18.2 Å². The van der Waals surface area contributed by atoms with Crippen LogP contribution in [-0.4, -0.2) is 34.2 Å². The van der Waals surface area contributed by atoms with Crippen LogP contribution < -0.4 is 10.6 Å². The Kier molecular flexibility index (Phi) is 4.18. The highest BCUT2D eigenvalue weighted by Crippen LogP contribution is 2.28. The van der Waals surface area contributed by atoms with Gasteiger partial charge in [-0.15, -0.1) is 0 Å². The van der Waals surface area contributed by atoms with Crippen molar-refractivity contribution in [3.8, 4) is 5.69 Å². The van der Waals surface area contributed by atoms with Gasteiger partial charge in [0.2, 0.25) is 5.91 Å². The molecule has 0 bridgehead atoms. The topological polar surface area (TPSA) is 76.0 Å². The minimum absolute atomic E-state index is 0.193. The predicted molar refractivity (Wildman–Crippen MR) is 89.0 cm³/mol. The summed E-state index contributed by atoms with van der Waals surface area (Å²) in [6, 6.07) is 2.97. The van der Waals surface area contributed by atoms with Crippen molar-refractivity contribution < 1.29 is 18.4 Å². The molecule has 0 saturated carbocycles. The number of carbonyl (C=O) groups excluding carboxylic acids is 2. The monoisotopic (exact) mass is 360 g/mol. The summed E-state index contributed by atoms with van der Waals surface area (Å²) in [5.74, 6) is -2.50. The maximum atomic E-state index is 13.6. The van der Waals surface area contributed by atoms with Gasteiger partial charge in [0.25, 0.3) is 5.91 Å². The van der Waals surface area contributed by atoms with E-state index in [9.17, 15) is 18.4 Å². The Morgan fingerprint density at radius 2 is 2.08 bits per heavy atom. The van der Waals surface area contributed by atoms with E-state index in [2.05, 4.69) is 15.7 Å². The molecule has 0 radical (unpaired) electrons. The lowest BCUT2D eigenvalue weighted by molar-refractivity contribution is -0.124. The smallest absolute Gasteiger partial charge is 0.272 e. The lowest BCUT2D eigenvalue weighted by Crippen LogP contribution is -2.50. The van der Waals surface area contributed by atoms with Crippen LogP contribution in [0, 0.1) is 11.6 Å². The molecule has 1 fully saturated rings. The zero-order valence-electron chi connectivity index (χ0n) is 14.0. The van der Waals surface area contributed by atoms with Crippen LogP contribution in [0.4, 0.5) is 8.78 Å². The third-order valence-corrected chi connectivity index (χ3v) is 4.88. The highest BCUT2D eigenvalue weighted by molar-refractivity contribution is 5.97. The summed E-state index contributed by atoms with van der Waals surface area (Å²) >= 11 is 0. The number of nitrogens with one attached hydrogen (secondary N) is 2. The Labute approximate surface area is 148 Å². The number of fused-ring (bicyclic) bond motifs is 1. The van der Waals surface area contributed by atoms with E-state index in [0.29, 0.717) is 31.5 Å². The first kappa shape index (κ1) is 16.7. The number of benzene rings is 1. The van der Waals surface area contributed by atoms with E-state index in [-0.39, 0.29) is 11.6 Å². The van der Waals surface area contributed by atoms with Gasteiger partial charge < -0.3 is 10.6 Å². The van der Waals surface area contributed by atoms with Gasteiger partial charge in [-0.05, 0) is 44.2 Å². The summed E-state index contributed by atoms with van der Waals surface area (Å²) in [6.07, 6.45) is 3.65. The van der Waals surface area contributed by atoms with E-state index in [0.717, 1.165) is 36.2 Å². The molecule has 1 unspecified atom stereocenters. The van der Waals surface area contributed by atoms with E-state index in [1.807, 2.05) is 0 Å². The molecule has 2 heterocycles. The first-order valence-corrected chi connectivity index (χ1v) is 8.69. The van der Waals surface area contributed by atoms with E-state index < -0.39 is 23.6 Å². The van der Waals surface area contributed by atoms with Gasteiger partial charge in [0, 0.05) is 23.9 Å². The minimum Gasteiger partial charge on any atom is -0.354 e. The molecule has 1 saturated heterocycles. The first-order valence-electron chi connectivity index (χ1n) is 8.69. The summed E-state index contributed by atoms with van der Waals surface area (Å²) in [5.41, 5.74) is 2.26. The number of carbonyl (C=O) groups is 2. The molecule has 0 spiro atoms. The van der Waals surface area contributed by atoms with Gasteiger partial charge in [0.15, 0.2) is 17.3 Å². The van der Waals surface area contributed by atoms with Gasteiger partial charge in [0.1, 0.15) is 6.04 Å². The van der Waals surface area contributed by atoms with Crippen molar-refractivity contribution in [1.82, 2.24) is 20.4 Å². The van der Waals surface area contributed by atoms with Crippen molar-refractivity contribution in [3.63, 3.8) is 0 Å². The van der Waals surface area contributed by atoms with E-state index >= 15 is 0 Å². The lowest BCUT2D eigenvalue weighted by Gasteiger charge is -2.22. The number of piperidine rings is 1. The van der Waals surface area contributed by atoms with Crippen molar-refractivity contribution in [2.75, 3.05) is 6.54 Å². The molecule has 2 aliphatic rings. The second kappa shape index (κ2) is 6.51. The fourth-order valence-corrected chi connectivity index (χ4v) is 3.59. The molecule has 1 aromatic carbocycles. The Bertz CT molecular complexity index is 894. The Balaban J connectivity index is 1.66. The zero-order valence-corrected chi connectivity index (χ0v) is 14.0. The Morgan fingerprint density at radius 1 is 1.23 bits per heavy atom. The standard InChI is InChI=1S/C18H18F2N4O2/c19-12-7-6-10(9-13(12)20)24-15-5-1-3-11(15)16(23-24)18(26)22-14-4-2-8-21-17(14)25/h6-7,9,14H,1-5,8H2,(H,21,25)(H,22,26). The minimum atomic E-state index is -0.963. The van der Waals surface area contributed by atoms with Crippen molar-refractivity contribution in [2.45, 2.75) is 38.1 Å². The number of halogens is 2. The third kappa shape index (κ3) is 2.85. The van der Waals surface area contributed by atoms with Gasteiger partial charge in [0.05, 0.1) is 5.69 Å². The van der Waals surface area contributed by atoms with Gasteiger partial charge in [-0.3, -0.25) is 9.59 Å². The first-order chi connectivity index (χ1) is 12.5. The summed E-state index contributed by atoms with van der Waals surface area (Å²) in [5, 5.41) is 9.81. The van der Waals surface area contributed by atoms with Crippen LogP contribution in [0.1, 0.15) is 41.0 Å². The highest BCUT2D eigenvalue weighted by atomic mass is 19.2. The molecule has 1 aliphatic heterocycles. The van der Waals surface area contributed by atoms with Crippen molar-refractivity contribution in [3.05, 3.63) is 46.8 Å². The maximum absolute atomic E-state index is 13.6. The number of nitrogens with zero attached hydrogens (tertiary/aromatic N) is 2. The maximum Gasteiger partial charge on any atom is 0.272 e. The van der Waals surface area contributed by atoms with Gasteiger partial charge >= 0.3 is 0 Å². The van der Waals surface area contributed by atoms with E-state index in [4.69, 9.17) is 0 Å². The molecule has 1 atom stereocenters. The van der Waals surface area contributed by atoms with Gasteiger partial charge in [-0.1, -0.05) is 0 Å². The molecule has 2 amide bonds. The number of hydrogen-bond donors (Lipinski definition) is 2. The van der Waals surface area contributed by atoms with Crippen LogP contribution in [0.5, 0.6) is 0 Å². The van der Waals surface area contributed by atoms with Crippen LogP contribution in [0.3, 0.4) is 0 Å². The van der Waals surface area contributed by atoms with Crippen molar-refractivity contribution in [1.29, 1.82) is 0 Å². The quantitative estimate of drug-likeness (QED) is 0.874. The van der Waals surface area contributed by atoms with Gasteiger partial charge in [-0.2, -0.15) is 5.10 Å². The average molecular weight is 360 g/mol. The number of hydrogen-bond acceptors (Lipinski definition) is 3. The highest BCUT2D eigenvalue weighted by Gasteiger charge is 2.30. The molecule has 136 valence electrons. The third-order valence-electron chi connectivity index (χ3n) is 4.88. The number of amides is 2. The fraction of sp³-hybridized carbons (Fsp3) is 0.389. The van der Waals surface area contributed by atoms with E-state index in [1.165, 1.54) is 10.7 Å². The molecule has 26 heavy (non-hydrogen) atoms. The molecule has 8 heteroatoms. The molecule has 2 N–H and O–H groups in total. The van der Waals surface area contributed by atoms with E-state index in [1.54, 1.807) is 0 Å². The summed E-state index contributed by atoms with van der Waals surface area (Å²) in [4.78, 5) is 24.5. The van der Waals surface area contributed by atoms with Crippen LogP contribution in [0.2, 0.25) is 0 Å². The normalized spacial score (nSPS) is 19.2. The molecule has 1 aromatic heterocycles. The van der Waals surface area contributed by atoms with Crippen molar-refractivity contribution in [2.24, 2.45) is 0 Å². The fourth-order valence-electron chi connectivity index (χ4n) is 3.59. The lowest BCUT2D eigenvalue weighted by atomic mass is 10.1. The molecule has 6 nitrogen and oxygen atoms in total. The Hall–Kier alpha value is -2.77.